The van der Waals surface area contributed by atoms with Gasteiger partial charge in [0, 0.05) is 12.8 Å². The van der Waals surface area contributed by atoms with Gasteiger partial charge in [-0.05, 0) is 66.5 Å². The number of carbonyl (C=O) groups excluding carboxylic acids is 1. The molecule has 0 aliphatic heterocycles. The van der Waals surface area contributed by atoms with Crippen LogP contribution in [0.3, 0.4) is 0 Å². The minimum absolute atomic E-state index is 0.143. The Morgan fingerprint density at radius 2 is 1.64 bits per heavy atom. The van der Waals surface area contributed by atoms with Gasteiger partial charge in [0.05, 0.1) is 5.56 Å². The van der Waals surface area contributed by atoms with Crippen LogP contribution in [0, 0.1) is 0 Å². The summed E-state index contributed by atoms with van der Waals surface area (Å²) in [5.74, 6) is 1.14. The van der Waals surface area contributed by atoms with Crippen LogP contribution < -0.4 is 4.74 Å². The van der Waals surface area contributed by atoms with E-state index in [-0.39, 0.29) is 11.3 Å². The van der Waals surface area contributed by atoms with E-state index in [9.17, 15) is 13.6 Å². The van der Waals surface area contributed by atoms with Gasteiger partial charge in [-0.3, -0.25) is 4.79 Å². The van der Waals surface area contributed by atoms with Crippen molar-refractivity contribution in [3.05, 3.63) is 65.2 Å². The summed E-state index contributed by atoms with van der Waals surface area (Å²) in [6.45, 7) is 4.23. The van der Waals surface area contributed by atoms with Crippen molar-refractivity contribution in [1.82, 2.24) is 0 Å². The van der Waals surface area contributed by atoms with Crippen LogP contribution in [0.5, 0.6) is 5.75 Å². The Kier molecular flexibility index (Phi) is 6.48. The Hall–Kier alpha value is -2.23. The standard InChI is InChI=1S/C24H28F2O2/c1-3-4-17(2)18-5-11-21(12-6-18)24(25,26)28-23-15-9-20(10-16-23)19-7-13-22(27)14-8-19/h5-6,9-12,15-17,19H,3-4,7-8,13-14H2,1-2H3. The topological polar surface area (TPSA) is 26.3 Å². The predicted octanol–water partition coefficient (Wildman–Crippen LogP) is 6.95. The number of Topliss-reactive ketones (excluding diaryl/α,β-unsaturated/α-hetero) is 1. The SMILES string of the molecule is CCCC(C)c1ccc(C(F)(F)Oc2ccc(C3CCC(=O)CC3)cc2)cc1. The van der Waals surface area contributed by atoms with Gasteiger partial charge in [0.1, 0.15) is 11.5 Å². The third-order valence-corrected chi connectivity index (χ3v) is 5.68. The van der Waals surface area contributed by atoms with E-state index in [1.807, 2.05) is 12.1 Å². The molecule has 0 heterocycles. The van der Waals surface area contributed by atoms with Crippen molar-refractivity contribution in [3.63, 3.8) is 0 Å². The average Bonchev–Trinajstić information content (AvgIpc) is 2.69. The van der Waals surface area contributed by atoms with Gasteiger partial charge in [-0.25, -0.2) is 0 Å². The minimum atomic E-state index is -3.38. The highest BCUT2D eigenvalue weighted by Gasteiger charge is 2.34. The van der Waals surface area contributed by atoms with Crippen molar-refractivity contribution in [1.29, 1.82) is 0 Å². The second kappa shape index (κ2) is 8.85. The highest BCUT2D eigenvalue weighted by atomic mass is 19.3. The molecule has 28 heavy (non-hydrogen) atoms. The van der Waals surface area contributed by atoms with Gasteiger partial charge in [0.15, 0.2) is 0 Å². The fraction of sp³-hybridized carbons (Fsp3) is 0.458. The van der Waals surface area contributed by atoms with Crippen LogP contribution in [0.2, 0.25) is 0 Å². The third kappa shape index (κ3) is 4.98. The maximum absolute atomic E-state index is 14.6. The van der Waals surface area contributed by atoms with E-state index in [4.69, 9.17) is 4.74 Å². The number of carbonyl (C=O) groups is 1. The molecule has 0 spiro atoms. The van der Waals surface area contributed by atoms with Crippen LogP contribution in [0.25, 0.3) is 0 Å². The predicted molar refractivity (Wildman–Crippen MR) is 107 cm³/mol. The summed E-state index contributed by atoms with van der Waals surface area (Å²) in [6, 6.07) is 13.3. The molecule has 0 aromatic heterocycles. The monoisotopic (exact) mass is 386 g/mol. The van der Waals surface area contributed by atoms with Gasteiger partial charge in [-0.15, -0.1) is 0 Å². The molecule has 4 heteroatoms. The summed E-state index contributed by atoms with van der Waals surface area (Å²) in [4.78, 5) is 11.4. The van der Waals surface area contributed by atoms with E-state index in [2.05, 4.69) is 13.8 Å². The van der Waals surface area contributed by atoms with Crippen LogP contribution in [0.4, 0.5) is 8.78 Å². The lowest BCUT2D eigenvalue weighted by Gasteiger charge is -2.22. The zero-order valence-electron chi connectivity index (χ0n) is 16.6. The fourth-order valence-electron chi connectivity index (χ4n) is 3.89. The molecule has 1 fully saturated rings. The van der Waals surface area contributed by atoms with Gasteiger partial charge in [-0.1, -0.05) is 44.5 Å². The lowest BCUT2D eigenvalue weighted by molar-refractivity contribution is -0.185. The molecule has 2 nitrogen and oxygen atoms in total. The van der Waals surface area contributed by atoms with Crippen molar-refractivity contribution in [2.75, 3.05) is 0 Å². The molecule has 2 aromatic rings. The highest BCUT2D eigenvalue weighted by molar-refractivity contribution is 5.79. The average molecular weight is 386 g/mol. The van der Waals surface area contributed by atoms with E-state index in [0.717, 1.165) is 36.8 Å². The van der Waals surface area contributed by atoms with Crippen molar-refractivity contribution in [3.8, 4) is 5.75 Å². The van der Waals surface area contributed by atoms with Gasteiger partial charge in [-0.2, -0.15) is 8.78 Å². The number of rotatable bonds is 7. The maximum Gasteiger partial charge on any atom is 0.426 e. The molecule has 0 amide bonds. The summed E-state index contributed by atoms with van der Waals surface area (Å²) in [5, 5.41) is 0. The van der Waals surface area contributed by atoms with Crippen molar-refractivity contribution >= 4 is 5.78 Å². The Bertz CT molecular complexity index is 771. The van der Waals surface area contributed by atoms with E-state index >= 15 is 0 Å². The van der Waals surface area contributed by atoms with Crippen LogP contribution in [0.15, 0.2) is 48.5 Å². The third-order valence-electron chi connectivity index (χ3n) is 5.68. The number of ether oxygens (including phenoxy) is 1. The fourth-order valence-corrected chi connectivity index (χ4v) is 3.89. The Labute approximate surface area is 165 Å². The lowest BCUT2D eigenvalue weighted by Crippen LogP contribution is -2.22. The van der Waals surface area contributed by atoms with Crippen LogP contribution in [-0.4, -0.2) is 5.78 Å². The van der Waals surface area contributed by atoms with E-state index in [1.165, 1.54) is 12.1 Å². The molecule has 2 aromatic carbocycles. The molecule has 1 aliphatic carbocycles. The Morgan fingerprint density at radius 1 is 1.04 bits per heavy atom. The molecule has 1 saturated carbocycles. The van der Waals surface area contributed by atoms with Crippen LogP contribution >= 0.6 is 0 Å². The van der Waals surface area contributed by atoms with Gasteiger partial charge < -0.3 is 4.74 Å². The number of ketones is 1. The molecule has 0 bridgehead atoms. The van der Waals surface area contributed by atoms with Crippen molar-refractivity contribution < 1.29 is 18.3 Å². The molecular formula is C24H28F2O2. The molecule has 3 rings (SSSR count). The number of hydrogen-bond donors (Lipinski definition) is 0. The molecule has 0 N–H and O–H groups in total. The second-order valence-corrected chi connectivity index (χ2v) is 7.81. The van der Waals surface area contributed by atoms with Gasteiger partial charge >= 0.3 is 6.11 Å². The van der Waals surface area contributed by atoms with E-state index in [1.54, 1.807) is 24.3 Å². The highest BCUT2D eigenvalue weighted by Crippen LogP contribution is 2.35. The quantitative estimate of drug-likeness (QED) is 0.515. The summed E-state index contributed by atoms with van der Waals surface area (Å²) in [5.41, 5.74) is 2.00. The van der Waals surface area contributed by atoms with Gasteiger partial charge in [0.2, 0.25) is 0 Å². The molecule has 0 radical (unpaired) electrons. The normalized spacial score (nSPS) is 16.8. The first kappa shape index (κ1) is 20.5. The summed E-state index contributed by atoms with van der Waals surface area (Å²) < 4.78 is 34.1. The Balaban J connectivity index is 1.65. The number of alkyl halides is 2. The minimum Gasteiger partial charge on any atom is -0.429 e. The van der Waals surface area contributed by atoms with Crippen molar-refractivity contribution in [2.24, 2.45) is 0 Å². The molecule has 1 atom stereocenters. The lowest BCUT2D eigenvalue weighted by atomic mass is 9.83. The smallest absolute Gasteiger partial charge is 0.426 e. The first-order valence-corrected chi connectivity index (χ1v) is 10.2. The van der Waals surface area contributed by atoms with E-state index in [0.29, 0.717) is 30.5 Å². The van der Waals surface area contributed by atoms with Crippen LogP contribution in [-0.2, 0) is 10.9 Å². The zero-order chi connectivity index (χ0) is 20.1. The van der Waals surface area contributed by atoms with Crippen LogP contribution in [0.1, 0.15) is 80.9 Å². The molecule has 1 aliphatic rings. The molecular weight excluding hydrogens is 358 g/mol. The number of benzene rings is 2. The van der Waals surface area contributed by atoms with Gasteiger partial charge in [0.25, 0.3) is 0 Å². The maximum atomic E-state index is 14.6. The Morgan fingerprint density at radius 3 is 2.21 bits per heavy atom. The summed E-state index contributed by atoms with van der Waals surface area (Å²) in [7, 11) is 0. The largest absolute Gasteiger partial charge is 0.429 e. The van der Waals surface area contributed by atoms with E-state index < -0.39 is 6.11 Å². The van der Waals surface area contributed by atoms with Crippen molar-refractivity contribution in [2.45, 2.75) is 70.3 Å². The first-order valence-electron chi connectivity index (χ1n) is 10.2. The molecule has 1 unspecified atom stereocenters. The zero-order valence-corrected chi connectivity index (χ0v) is 16.6. The first-order chi connectivity index (χ1) is 13.4. The number of halogens is 2. The summed E-state index contributed by atoms with van der Waals surface area (Å²) >= 11 is 0. The molecule has 150 valence electrons. The molecule has 0 saturated heterocycles. The second-order valence-electron chi connectivity index (χ2n) is 7.81. The number of hydrogen-bond acceptors (Lipinski definition) is 2. The summed E-state index contributed by atoms with van der Waals surface area (Å²) in [6.07, 6.45) is 1.59.